The maximum Gasteiger partial charge on any atom is 0.393 e. The van der Waals surface area contributed by atoms with E-state index in [0.717, 1.165) is 16.8 Å². The first-order valence-electron chi connectivity index (χ1n) is 6.81. The molecule has 2 heterocycles. The number of aryl methyl sites for hydroxylation is 2. The molecule has 0 aromatic carbocycles. The molecule has 2 N–H and O–H groups in total. The predicted molar refractivity (Wildman–Crippen MR) is 72.6 cm³/mol. The molecule has 0 amide bonds. The minimum Gasteiger partial charge on any atom is -0.356 e. The minimum atomic E-state index is -4.14. The summed E-state index contributed by atoms with van der Waals surface area (Å²) in [5.41, 5.74) is 8.38. The van der Waals surface area contributed by atoms with Crippen LogP contribution in [0, 0.1) is 19.8 Å². The van der Waals surface area contributed by atoms with Crippen LogP contribution < -0.4 is 10.6 Å². The number of nitrogens with two attached hydrogens (primary N) is 1. The Bertz CT molecular complexity index is 485. The Morgan fingerprint density at radius 1 is 1.40 bits per heavy atom. The van der Waals surface area contributed by atoms with Gasteiger partial charge in [0.1, 0.15) is 5.82 Å². The topological polar surface area (TPSA) is 42.1 Å². The van der Waals surface area contributed by atoms with E-state index in [0.29, 0.717) is 25.3 Å². The van der Waals surface area contributed by atoms with E-state index >= 15 is 0 Å². The second-order valence-electron chi connectivity index (χ2n) is 5.41. The summed E-state index contributed by atoms with van der Waals surface area (Å²) >= 11 is 0. The van der Waals surface area contributed by atoms with Crippen molar-refractivity contribution in [1.29, 1.82) is 0 Å². The fraction of sp³-hybridized carbons (Fsp3) is 0.643. The Labute approximate surface area is 117 Å². The van der Waals surface area contributed by atoms with Crippen molar-refractivity contribution >= 4 is 5.82 Å². The lowest BCUT2D eigenvalue weighted by Crippen LogP contribution is -2.42. The van der Waals surface area contributed by atoms with Crippen molar-refractivity contribution in [3.63, 3.8) is 0 Å². The molecule has 6 heteroatoms. The van der Waals surface area contributed by atoms with Gasteiger partial charge in [0.15, 0.2) is 0 Å². The van der Waals surface area contributed by atoms with E-state index in [9.17, 15) is 13.2 Å². The van der Waals surface area contributed by atoms with Crippen molar-refractivity contribution in [3.05, 3.63) is 22.9 Å². The van der Waals surface area contributed by atoms with Gasteiger partial charge >= 0.3 is 6.18 Å². The molecule has 20 heavy (non-hydrogen) atoms. The summed E-state index contributed by atoms with van der Waals surface area (Å²) in [6.07, 6.45) is -3.41. The Morgan fingerprint density at radius 3 is 2.70 bits per heavy atom. The minimum absolute atomic E-state index is 0.0214. The van der Waals surface area contributed by atoms with Crippen LogP contribution in [0.2, 0.25) is 0 Å². The Morgan fingerprint density at radius 2 is 2.10 bits per heavy atom. The summed E-state index contributed by atoms with van der Waals surface area (Å²) in [4.78, 5) is 6.16. The molecule has 112 valence electrons. The van der Waals surface area contributed by atoms with E-state index in [2.05, 4.69) is 4.98 Å². The molecule has 0 radical (unpaired) electrons. The zero-order valence-electron chi connectivity index (χ0n) is 11.8. The number of rotatable bonds is 2. The molecule has 1 fully saturated rings. The first kappa shape index (κ1) is 15.1. The lowest BCUT2D eigenvalue weighted by molar-refractivity contribution is -0.176. The summed E-state index contributed by atoms with van der Waals surface area (Å²) in [7, 11) is 0. The second-order valence-corrected chi connectivity index (χ2v) is 5.41. The number of nitrogens with zero attached hydrogens (tertiary/aromatic N) is 2. The zero-order valence-corrected chi connectivity index (χ0v) is 11.8. The molecular weight excluding hydrogens is 267 g/mol. The van der Waals surface area contributed by atoms with Crippen molar-refractivity contribution in [3.8, 4) is 0 Å². The third-order valence-corrected chi connectivity index (χ3v) is 3.84. The van der Waals surface area contributed by atoms with Crippen molar-refractivity contribution in [1.82, 2.24) is 4.98 Å². The SMILES string of the molecule is Cc1cc(C)c(CN)c(N2CCCC(C(F)(F)F)C2)n1. The second kappa shape index (κ2) is 5.60. The van der Waals surface area contributed by atoms with Crippen molar-refractivity contribution in [2.75, 3.05) is 18.0 Å². The summed E-state index contributed by atoms with van der Waals surface area (Å²) in [5.74, 6) is -0.650. The molecular formula is C14H20F3N3. The smallest absolute Gasteiger partial charge is 0.356 e. The van der Waals surface area contributed by atoms with E-state index in [1.54, 1.807) is 4.90 Å². The van der Waals surface area contributed by atoms with E-state index in [1.165, 1.54) is 0 Å². The van der Waals surface area contributed by atoms with Gasteiger partial charge in [0.05, 0.1) is 5.92 Å². The van der Waals surface area contributed by atoms with Crippen LogP contribution in [0.1, 0.15) is 29.7 Å². The summed E-state index contributed by atoms with van der Waals surface area (Å²) in [5, 5.41) is 0. The summed E-state index contributed by atoms with van der Waals surface area (Å²) in [6.45, 7) is 4.65. The molecule has 1 unspecified atom stereocenters. The highest BCUT2D eigenvalue weighted by Crippen LogP contribution is 2.35. The van der Waals surface area contributed by atoms with Crippen LogP contribution >= 0.6 is 0 Å². The Hall–Kier alpha value is -1.30. The van der Waals surface area contributed by atoms with Gasteiger partial charge < -0.3 is 10.6 Å². The number of alkyl halides is 3. The van der Waals surface area contributed by atoms with Crippen LogP contribution in [-0.4, -0.2) is 24.2 Å². The van der Waals surface area contributed by atoms with Gasteiger partial charge in [-0.1, -0.05) is 0 Å². The average molecular weight is 287 g/mol. The van der Waals surface area contributed by atoms with Gasteiger partial charge in [-0.05, 0) is 38.3 Å². The monoisotopic (exact) mass is 287 g/mol. The van der Waals surface area contributed by atoms with Crippen molar-refractivity contribution in [2.24, 2.45) is 11.7 Å². The summed E-state index contributed by atoms with van der Waals surface area (Å²) in [6, 6.07) is 1.91. The number of hydrogen-bond donors (Lipinski definition) is 1. The predicted octanol–water partition coefficient (Wildman–Crippen LogP) is 2.94. The van der Waals surface area contributed by atoms with Gasteiger partial charge in [-0.3, -0.25) is 0 Å². The molecule has 0 bridgehead atoms. The molecule has 1 atom stereocenters. The number of aromatic nitrogens is 1. The highest BCUT2D eigenvalue weighted by atomic mass is 19.4. The quantitative estimate of drug-likeness (QED) is 0.909. The van der Waals surface area contributed by atoms with Gasteiger partial charge in [0.2, 0.25) is 0 Å². The standard InChI is InChI=1S/C14H20F3N3/c1-9-6-10(2)19-13(12(9)7-18)20-5-3-4-11(8-20)14(15,16)17/h6,11H,3-5,7-8,18H2,1-2H3. The lowest BCUT2D eigenvalue weighted by atomic mass is 9.96. The molecule has 1 aliphatic rings. The molecule has 0 spiro atoms. The molecule has 0 saturated carbocycles. The van der Waals surface area contributed by atoms with Crippen LogP contribution in [0.3, 0.4) is 0 Å². The van der Waals surface area contributed by atoms with Crippen LogP contribution in [0.5, 0.6) is 0 Å². The lowest BCUT2D eigenvalue weighted by Gasteiger charge is -2.35. The number of piperidine rings is 1. The van der Waals surface area contributed by atoms with Gasteiger partial charge in [0, 0.05) is 30.9 Å². The number of anilines is 1. The van der Waals surface area contributed by atoms with E-state index in [-0.39, 0.29) is 13.0 Å². The van der Waals surface area contributed by atoms with Gasteiger partial charge in [-0.25, -0.2) is 4.98 Å². The zero-order chi connectivity index (χ0) is 14.9. The molecule has 1 saturated heterocycles. The van der Waals surface area contributed by atoms with E-state index < -0.39 is 12.1 Å². The molecule has 0 aliphatic carbocycles. The third-order valence-electron chi connectivity index (χ3n) is 3.84. The molecule has 1 aliphatic heterocycles. The average Bonchev–Trinajstić information content (AvgIpc) is 2.37. The molecule has 2 rings (SSSR count). The number of pyridine rings is 1. The molecule has 1 aromatic heterocycles. The fourth-order valence-electron chi connectivity index (χ4n) is 2.79. The molecule has 1 aromatic rings. The van der Waals surface area contributed by atoms with Gasteiger partial charge in [-0.15, -0.1) is 0 Å². The van der Waals surface area contributed by atoms with E-state index in [1.807, 2.05) is 19.9 Å². The van der Waals surface area contributed by atoms with Gasteiger partial charge in [-0.2, -0.15) is 13.2 Å². The van der Waals surface area contributed by atoms with Gasteiger partial charge in [0.25, 0.3) is 0 Å². The first-order chi connectivity index (χ1) is 9.32. The van der Waals surface area contributed by atoms with Crippen LogP contribution in [0.15, 0.2) is 6.07 Å². The van der Waals surface area contributed by atoms with Crippen LogP contribution in [0.25, 0.3) is 0 Å². The largest absolute Gasteiger partial charge is 0.393 e. The third kappa shape index (κ3) is 3.06. The Kier molecular flexibility index (Phi) is 4.22. The first-order valence-corrected chi connectivity index (χ1v) is 6.81. The highest BCUT2D eigenvalue weighted by molar-refractivity contribution is 5.52. The maximum absolute atomic E-state index is 12.9. The van der Waals surface area contributed by atoms with Crippen LogP contribution in [-0.2, 0) is 6.54 Å². The van der Waals surface area contributed by atoms with Crippen LogP contribution in [0.4, 0.5) is 19.0 Å². The normalized spacial score (nSPS) is 20.3. The maximum atomic E-state index is 12.9. The van der Waals surface area contributed by atoms with Crippen molar-refractivity contribution in [2.45, 2.75) is 39.4 Å². The fourth-order valence-corrected chi connectivity index (χ4v) is 2.79. The highest BCUT2D eigenvalue weighted by Gasteiger charge is 2.42. The van der Waals surface area contributed by atoms with E-state index in [4.69, 9.17) is 5.73 Å². The Balaban J connectivity index is 2.31. The number of hydrogen-bond acceptors (Lipinski definition) is 3. The van der Waals surface area contributed by atoms with Crippen molar-refractivity contribution < 1.29 is 13.2 Å². The summed E-state index contributed by atoms with van der Waals surface area (Å²) < 4.78 is 38.7. The molecule has 3 nitrogen and oxygen atoms in total. The number of halogens is 3.